The van der Waals surface area contributed by atoms with E-state index in [9.17, 15) is 28.7 Å². The molecule has 0 bridgehead atoms. The third-order valence-corrected chi connectivity index (χ3v) is 10.3. The van der Waals surface area contributed by atoms with Crippen molar-refractivity contribution in [1.82, 2.24) is 0 Å². The Balaban J connectivity index is 1.37. The summed E-state index contributed by atoms with van der Waals surface area (Å²) in [5, 5.41) is 11.3. The quantitative estimate of drug-likeness (QED) is 0.276. The van der Waals surface area contributed by atoms with E-state index in [-0.39, 0.29) is 41.1 Å². The van der Waals surface area contributed by atoms with Crippen LogP contribution < -0.4 is 9.80 Å². The van der Waals surface area contributed by atoms with Crippen LogP contribution in [0.4, 0.5) is 15.8 Å². The first kappa shape index (κ1) is 27.8. The van der Waals surface area contributed by atoms with E-state index in [4.69, 9.17) is 23.2 Å². The third-order valence-electron chi connectivity index (χ3n) is 9.77. The Morgan fingerprint density at radius 3 is 2.26 bits per heavy atom. The van der Waals surface area contributed by atoms with Crippen LogP contribution in [0.2, 0.25) is 10.0 Å². The van der Waals surface area contributed by atoms with Crippen molar-refractivity contribution in [2.24, 2.45) is 29.1 Å². The molecular weight excluding hydrogens is 594 g/mol. The van der Waals surface area contributed by atoms with Crippen molar-refractivity contribution in [1.29, 1.82) is 0 Å². The van der Waals surface area contributed by atoms with Gasteiger partial charge < -0.3 is 5.11 Å². The molecule has 2 saturated heterocycles. The second-order valence-electron chi connectivity index (χ2n) is 11.8. The molecule has 3 aromatic carbocycles. The lowest BCUT2D eigenvalue weighted by atomic mass is 9.51. The summed E-state index contributed by atoms with van der Waals surface area (Å²) in [5.74, 6) is -5.99. The van der Waals surface area contributed by atoms with E-state index in [1.165, 1.54) is 23.1 Å². The van der Waals surface area contributed by atoms with Crippen LogP contribution in [0, 0.1) is 34.9 Å². The molecule has 2 aliphatic carbocycles. The van der Waals surface area contributed by atoms with Gasteiger partial charge in [0, 0.05) is 16.5 Å². The standard InChI is InChI=1S/C33H25Cl2FN2O5/c1-33-23(30(41)38(32(33)43)18-10-13-25(36)24(35)14-18)15-22-19(28(33)20-4-2-3-5-26(20)39)11-12-21-27(22)31(42)37(29(21)40)17-8-6-16(34)7-9-17/h2-11,13-14,21-23,27-28,39H,12,15H2,1H3. The summed E-state index contributed by atoms with van der Waals surface area (Å²) in [4.78, 5) is 58.5. The fraction of sp³-hybridized carbons (Fsp3) is 0.273. The highest BCUT2D eigenvalue weighted by Gasteiger charge is 2.68. The molecule has 7 rings (SSSR count). The molecule has 0 radical (unpaired) electrons. The Hall–Kier alpha value is -4.01. The van der Waals surface area contributed by atoms with E-state index in [0.29, 0.717) is 16.3 Å². The van der Waals surface area contributed by atoms with E-state index in [1.807, 2.05) is 6.08 Å². The number of rotatable bonds is 3. The lowest BCUT2D eigenvalue weighted by molar-refractivity contribution is -0.131. The van der Waals surface area contributed by atoms with Crippen molar-refractivity contribution >= 4 is 58.2 Å². The molecule has 2 heterocycles. The third kappa shape index (κ3) is 3.85. The number of aromatic hydroxyl groups is 1. The minimum Gasteiger partial charge on any atom is -0.508 e. The van der Waals surface area contributed by atoms with Gasteiger partial charge in [-0.2, -0.15) is 0 Å². The van der Waals surface area contributed by atoms with Crippen molar-refractivity contribution in [2.75, 3.05) is 9.80 Å². The molecule has 3 aromatic rings. The first-order valence-corrected chi connectivity index (χ1v) is 14.7. The van der Waals surface area contributed by atoms with E-state index >= 15 is 0 Å². The molecule has 1 saturated carbocycles. The summed E-state index contributed by atoms with van der Waals surface area (Å²) in [6.07, 6.45) is 2.34. The van der Waals surface area contributed by atoms with Crippen molar-refractivity contribution in [3.8, 4) is 5.75 Å². The molecule has 0 aromatic heterocycles. The molecule has 0 spiro atoms. The van der Waals surface area contributed by atoms with Gasteiger partial charge in [-0.1, -0.05) is 53.1 Å². The maximum Gasteiger partial charge on any atom is 0.241 e. The number of halogens is 3. The smallest absolute Gasteiger partial charge is 0.241 e. The summed E-state index contributed by atoms with van der Waals surface area (Å²) in [5.41, 5.74) is 0.424. The zero-order valence-corrected chi connectivity index (χ0v) is 24.3. The summed E-state index contributed by atoms with van der Waals surface area (Å²) in [6.45, 7) is 1.71. The monoisotopic (exact) mass is 618 g/mol. The molecule has 4 aliphatic rings. The van der Waals surface area contributed by atoms with Gasteiger partial charge in [0.15, 0.2) is 0 Å². The SMILES string of the molecule is CC12C(=O)N(c3ccc(F)c(Cl)c3)C(=O)C1CC1C(=CCC3C(=O)N(c4ccc(Cl)cc4)C(=O)C31)C2c1ccccc1O. The Labute approximate surface area is 256 Å². The summed E-state index contributed by atoms with van der Waals surface area (Å²) >= 11 is 12.1. The molecule has 43 heavy (non-hydrogen) atoms. The second-order valence-corrected chi connectivity index (χ2v) is 12.7. The zero-order chi connectivity index (χ0) is 30.4. The minimum absolute atomic E-state index is 0.0451. The number of hydrogen-bond donors (Lipinski definition) is 1. The van der Waals surface area contributed by atoms with Crippen LogP contribution in [0.25, 0.3) is 0 Å². The van der Waals surface area contributed by atoms with Gasteiger partial charge in [0.2, 0.25) is 23.6 Å². The Bertz CT molecular complexity index is 1780. The number of carbonyl (C=O) groups is 4. The van der Waals surface area contributed by atoms with Gasteiger partial charge in [-0.15, -0.1) is 0 Å². The largest absolute Gasteiger partial charge is 0.508 e. The van der Waals surface area contributed by atoms with Crippen molar-refractivity contribution in [3.63, 3.8) is 0 Å². The first-order valence-electron chi connectivity index (χ1n) is 14.0. The number of para-hydroxylation sites is 1. The Kier molecular flexibility index (Phi) is 6.31. The fourth-order valence-electron chi connectivity index (χ4n) is 7.81. The molecule has 4 amide bonds. The number of nitrogens with zero attached hydrogens (tertiary/aromatic N) is 2. The number of hydrogen-bond acceptors (Lipinski definition) is 5. The van der Waals surface area contributed by atoms with Gasteiger partial charge in [-0.3, -0.25) is 24.1 Å². The molecule has 7 nitrogen and oxygen atoms in total. The number of amides is 4. The number of fused-ring (bicyclic) bond motifs is 4. The average Bonchev–Trinajstić information content (AvgIpc) is 3.35. The zero-order valence-electron chi connectivity index (χ0n) is 22.8. The van der Waals surface area contributed by atoms with E-state index in [1.54, 1.807) is 49.4 Å². The molecule has 10 heteroatoms. The highest BCUT2D eigenvalue weighted by atomic mass is 35.5. The highest BCUT2D eigenvalue weighted by molar-refractivity contribution is 6.32. The van der Waals surface area contributed by atoms with Gasteiger partial charge >= 0.3 is 0 Å². The molecule has 2 aliphatic heterocycles. The van der Waals surface area contributed by atoms with Crippen LogP contribution in [-0.2, 0) is 19.2 Å². The first-order chi connectivity index (χ1) is 20.5. The van der Waals surface area contributed by atoms with Gasteiger partial charge in [0.05, 0.1) is 39.6 Å². The van der Waals surface area contributed by atoms with Crippen LogP contribution in [0.15, 0.2) is 78.4 Å². The van der Waals surface area contributed by atoms with Gasteiger partial charge in [-0.25, -0.2) is 9.29 Å². The Morgan fingerprint density at radius 2 is 1.56 bits per heavy atom. The van der Waals surface area contributed by atoms with Crippen LogP contribution in [-0.4, -0.2) is 28.7 Å². The number of phenols is 1. The predicted molar refractivity (Wildman–Crippen MR) is 158 cm³/mol. The summed E-state index contributed by atoms with van der Waals surface area (Å²) < 4.78 is 14.0. The van der Waals surface area contributed by atoms with Crippen LogP contribution >= 0.6 is 23.2 Å². The van der Waals surface area contributed by atoms with E-state index in [2.05, 4.69) is 0 Å². The number of allylic oxidation sites excluding steroid dienone is 2. The normalized spacial score (nSPS) is 29.9. The fourth-order valence-corrected chi connectivity index (χ4v) is 8.11. The lowest BCUT2D eigenvalue weighted by Gasteiger charge is -2.49. The van der Waals surface area contributed by atoms with Gasteiger partial charge in [-0.05, 0) is 74.2 Å². The van der Waals surface area contributed by atoms with Crippen molar-refractivity contribution < 1.29 is 28.7 Å². The second kappa shape index (κ2) is 9.76. The predicted octanol–water partition coefficient (Wildman–Crippen LogP) is 6.27. The number of benzene rings is 3. The lowest BCUT2D eigenvalue weighted by Crippen LogP contribution is -2.48. The van der Waals surface area contributed by atoms with Crippen molar-refractivity contribution in [2.45, 2.75) is 25.7 Å². The maximum atomic E-state index is 14.4. The van der Waals surface area contributed by atoms with Crippen LogP contribution in [0.5, 0.6) is 5.75 Å². The summed E-state index contributed by atoms with van der Waals surface area (Å²) in [6, 6.07) is 16.8. The van der Waals surface area contributed by atoms with Crippen LogP contribution in [0.1, 0.15) is 31.2 Å². The molecule has 6 unspecified atom stereocenters. The number of anilines is 2. The number of imide groups is 2. The van der Waals surface area contributed by atoms with Crippen LogP contribution in [0.3, 0.4) is 0 Å². The number of carbonyl (C=O) groups excluding carboxylic acids is 4. The minimum atomic E-state index is -1.34. The average molecular weight is 619 g/mol. The number of phenolic OH excluding ortho intramolecular Hbond substituents is 1. The van der Waals surface area contributed by atoms with E-state index < -0.39 is 52.6 Å². The molecule has 218 valence electrons. The maximum absolute atomic E-state index is 14.4. The Morgan fingerprint density at radius 1 is 0.860 bits per heavy atom. The topological polar surface area (TPSA) is 95.0 Å². The molecule has 6 atom stereocenters. The van der Waals surface area contributed by atoms with Gasteiger partial charge in [0.25, 0.3) is 0 Å². The molecule has 1 N–H and O–H groups in total. The molecule has 3 fully saturated rings. The van der Waals surface area contributed by atoms with Gasteiger partial charge in [0.1, 0.15) is 11.6 Å². The molecular formula is C33H25Cl2FN2O5. The van der Waals surface area contributed by atoms with E-state index in [0.717, 1.165) is 16.5 Å². The highest BCUT2D eigenvalue weighted by Crippen LogP contribution is 2.64. The van der Waals surface area contributed by atoms with Crippen molar-refractivity contribution in [3.05, 3.63) is 99.8 Å². The summed E-state index contributed by atoms with van der Waals surface area (Å²) in [7, 11) is 0.